The van der Waals surface area contributed by atoms with Crippen LogP contribution in [0.1, 0.15) is 11.6 Å². The molecule has 98 valence electrons. The van der Waals surface area contributed by atoms with Crippen molar-refractivity contribution in [2.24, 2.45) is 5.73 Å². The van der Waals surface area contributed by atoms with Gasteiger partial charge in [-0.1, -0.05) is 30.3 Å². The molecule has 1 aliphatic heterocycles. The van der Waals surface area contributed by atoms with Crippen LogP contribution in [0.25, 0.3) is 0 Å². The number of nitrogens with zero attached hydrogens (tertiary/aromatic N) is 1. The molecule has 1 saturated heterocycles. The number of piperazine rings is 1. The number of benzene rings is 1. The van der Waals surface area contributed by atoms with Crippen LogP contribution in [-0.4, -0.2) is 48.2 Å². The van der Waals surface area contributed by atoms with Crippen LogP contribution < -0.4 is 11.1 Å². The van der Waals surface area contributed by atoms with Crippen LogP contribution in [0.5, 0.6) is 0 Å². The summed E-state index contributed by atoms with van der Waals surface area (Å²) < 4.78 is 0. The first-order valence-electron chi connectivity index (χ1n) is 6.16. The number of amides is 1. The van der Waals surface area contributed by atoms with E-state index < -0.39 is 6.04 Å². The van der Waals surface area contributed by atoms with Gasteiger partial charge in [0.2, 0.25) is 5.91 Å². The maximum atomic E-state index is 12.1. The number of carbonyl (C=O) groups excluding carboxylic acids is 1. The topological polar surface area (TPSA) is 78.6 Å². The van der Waals surface area contributed by atoms with Crippen LogP contribution in [0.15, 0.2) is 30.3 Å². The second kappa shape index (κ2) is 5.95. The highest BCUT2D eigenvalue weighted by atomic mass is 16.3. The zero-order valence-corrected chi connectivity index (χ0v) is 10.2. The highest BCUT2D eigenvalue weighted by Crippen LogP contribution is 2.22. The van der Waals surface area contributed by atoms with Gasteiger partial charge < -0.3 is 21.1 Å². The zero-order valence-electron chi connectivity index (χ0n) is 10.2. The van der Waals surface area contributed by atoms with Gasteiger partial charge in [-0.15, -0.1) is 0 Å². The molecule has 0 aliphatic carbocycles. The van der Waals surface area contributed by atoms with E-state index in [9.17, 15) is 4.79 Å². The highest BCUT2D eigenvalue weighted by Gasteiger charge is 2.30. The normalized spacial score (nSPS) is 21.7. The lowest BCUT2D eigenvalue weighted by Crippen LogP contribution is -2.54. The van der Waals surface area contributed by atoms with Crippen LogP contribution in [0, 0.1) is 0 Å². The third-order valence-electron chi connectivity index (χ3n) is 3.22. The van der Waals surface area contributed by atoms with E-state index in [-0.39, 0.29) is 18.6 Å². The van der Waals surface area contributed by atoms with E-state index in [4.69, 9.17) is 10.8 Å². The summed E-state index contributed by atoms with van der Waals surface area (Å²) >= 11 is 0. The standard InChI is InChI=1S/C13H19N3O2/c14-11(9-17)13(18)16-7-6-15-8-12(16)10-4-2-1-3-5-10/h1-5,11-12,15,17H,6-9,14H2. The van der Waals surface area contributed by atoms with Gasteiger partial charge in [-0.3, -0.25) is 4.79 Å². The van der Waals surface area contributed by atoms with Gasteiger partial charge in [-0.25, -0.2) is 0 Å². The summed E-state index contributed by atoms with van der Waals surface area (Å²) in [4.78, 5) is 13.9. The summed E-state index contributed by atoms with van der Waals surface area (Å²) in [6.45, 7) is 1.78. The molecule has 1 aromatic carbocycles. The first-order valence-corrected chi connectivity index (χ1v) is 6.16. The molecular formula is C13H19N3O2. The van der Waals surface area contributed by atoms with Crippen molar-refractivity contribution >= 4 is 5.91 Å². The number of nitrogens with two attached hydrogens (primary N) is 1. The second-order valence-corrected chi connectivity index (χ2v) is 4.45. The minimum absolute atomic E-state index is 0.00921. The number of aliphatic hydroxyl groups is 1. The molecule has 1 heterocycles. The number of hydrogen-bond acceptors (Lipinski definition) is 4. The monoisotopic (exact) mass is 249 g/mol. The van der Waals surface area contributed by atoms with Crippen molar-refractivity contribution in [3.8, 4) is 0 Å². The SMILES string of the molecule is NC(CO)C(=O)N1CCNCC1c1ccccc1. The molecule has 2 atom stereocenters. The van der Waals surface area contributed by atoms with Crippen molar-refractivity contribution in [1.82, 2.24) is 10.2 Å². The molecule has 0 bridgehead atoms. The van der Waals surface area contributed by atoms with Crippen molar-refractivity contribution in [1.29, 1.82) is 0 Å². The highest BCUT2D eigenvalue weighted by molar-refractivity contribution is 5.82. The van der Waals surface area contributed by atoms with E-state index >= 15 is 0 Å². The lowest BCUT2D eigenvalue weighted by atomic mass is 10.0. The van der Waals surface area contributed by atoms with Crippen LogP contribution in [0.4, 0.5) is 0 Å². The Morgan fingerprint density at radius 3 is 2.89 bits per heavy atom. The van der Waals surface area contributed by atoms with Crippen LogP contribution >= 0.6 is 0 Å². The van der Waals surface area contributed by atoms with Gasteiger partial charge in [0.1, 0.15) is 6.04 Å². The quantitative estimate of drug-likeness (QED) is 0.673. The van der Waals surface area contributed by atoms with Crippen LogP contribution in [-0.2, 0) is 4.79 Å². The van der Waals surface area contributed by atoms with Crippen LogP contribution in [0.2, 0.25) is 0 Å². The van der Waals surface area contributed by atoms with Gasteiger partial charge in [0.25, 0.3) is 0 Å². The Morgan fingerprint density at radius 2 is 2.22 bits per heavy atom. The van der Waals surface area contributed by atoms with E-state index in [1.54, 1.807) is 4.90 Å². The van der Waals surface area contributed by atoms with Crippen molar-refractivity contribution in [2.75, 3.05) is 26.2 Å². The molecule has 1 fully saturated rings. The smallest absolute Gasteiger partial charge is 0.242 e. The second-order valence-electron chi connectivity index (χ2n) is 4.45. The molecule has 2 unspecified atom stereocenters. The molecule has 4 N–H and O–H groups in total. The van der Waals surface area contributed by atoms with E-state index in [0.717, 1.165) is 12.1 Å². The zero-order chi connectivity index (χ0) is 13.0. The van der Waals surface area contributed by atoms with E-state index in [2.05, 4.69) is 5.32 Å². The number of aliphatic hydroxyl groups excluding tert-OH is 1. The fourth-order valence-electron chi connectivity index (χ4n) is 2.23. The van der Waals surface area contributed by atoms with Crippen molar-refractivity contribution in [3.63, 3.8) is 0 Å². The molecule has 1 aromatic rings. The van der Waals surface area contributed by atoms with E-state index in [1.807, 2.05) is 30.3 Å². The van der Waals surface area contributed by atoms with Crippen molar-refractivity contribution in [3.05, 3.63) is 35.9 Å². The summed E-state index contributed by atoms with van der Waals surface area (Å²) in [5, 5.41) is 12.3. The Balaban J connectivity index is 2.19. The summed E-state index contributed by atoms with van der Waals surface area (Å²) in [6.07, 6.45) is 0. The molecular weight excluding hydrogens is 230 g/mol. The Morgan fingerprint density at radius 1 is 1.50 bits per heavy atom. The first kappa shape index (κ1) is 13.0. The van der Waals surface area contributed by atoms with Gasteiger partial charge >= 0.3 is 0 Å². The molecule has 0 saturated carbocycles. The van der Waals surface area contributed by atoms with Gasteiger partial charge in [0.05, 0.1) is 12.6 Å². The third kappa shape index (κ3) is 2.69. The van der Waals surface area contributed by atoms with Gasteiger partial charge in [0, 0.05) is 19.6 Å². The predicted molar refractivity (Wildman–Crippen MR) is 68.8 cm³/mol. The summed E-state index contributed by atoms with van der Waals surface area (Å²) in [5.41, 5.74) is 6.71. The van der Waals surface area contributed by atoms with Gasteiger partial charge in [-0.2, -0.15) is 0 Å². The Kier molecular flexibility index (Phi) is 4.30. The van der Waals surface area contributed by atoms with Crippen molar-refractivity contribution < 1.29 is 9.90 Å². The lowest BCUT2D eigenvalue weighted by Gasteiger charge is -2.37. The molecule has 2 rings (SSSR count). The Bertz CT molecular complexity index is 396. The molecule has 1 amide bonds. The average molecular weight is 249 g/mol. The average Bonchev–Trinajstić information content (AvgIpc) is 2.46. The molecule has 18 heavy (non-hydrogen) atoms. The predicted octanol–water partition coefficient (Wildman–Crippen LogP) is -0.521. The number of rotatable bonds is 3. The minimum Gasteiger partial charge on any atom is -0.394 e. The lowest BCUT2D eigenvalue weighted by molar-refractivity contribution is -0.136. The maximum Gasteiger partial charge on any atom is 0.242 e. The first-order chi connectivity index (χ1) is 8.74. The Labute approximate surface area is 107 Å². The molecule has 0 radical (unpaired) electrons. The maximum absolute atomic E-state index is 12.1. The minimum atomic E-state index is -0.825. The van der Waals surface area contributed by atoms with Gasteiger partial charge in [-0.05, 0) is 5.56 Å². The Hall–Kier alpha value is -1.43. The third-order valence-corrected chi connectivity index (χ3v) is 3.22. The van der Waals surface area contributed by atoms with E-state index in [0.29, 0.717) is 13.1 Å². The molecule has 5 heteroatoms. The van der Waals surface area contributed by atoms with Gasteiger partial charge in [0.15, 0.2) is 0 Å². The summed E-state index contributed by atoms with van der Waals surface area (Å²) in [6, 6.07) is 9.03. The van der Waals surface area contributed by atoms with E-state index in [1.165, 1.54) is 0 Å². The molecule has 0 aromatic heterocycles. The molecule has 0 spiro atoms. The summed E-state index contributed by atoms with van der Waals surface area (Å²) in [5.74, 6) is -0.187. The number of carbonyl (C=O) groups is 1. The molecule has 5 nitrogen and oxygen atoms in total. The molecule has 1 aliphatic rings. The number of nitrogens with one attached hydrogen (secondary N) is 1. The largest absolute Gasteiger partial charge is 0.394 e. The van der Waals surface area contributed by atoms with Crippen LogP contribution in [0.3, 0.4) is 0 Å². The fourth-order valence-corrected chi connectivity index (χ4v) is 2.23. The van der Waals surface area contributed by atoms with Crippen molar-refractivity contribution in [2.45, 2.75) is 12.1 Å². The number of hydrogen-bond donors (Lipinski definition) is 3. The fraction of sp³-hybridized carbons (Fsp3) is 0.462. The summed E-state index contributed by atoms with van der Waals surface area (Å²) in [7, 11) is 0.